The average Bonchev–Trinajstić information content (AvgIpc) is 3.37. The summed E-state index contributed by atoms with van der Waals surface area (Å²) in [6.45, 7) is -1.85. The number of rotatable bonds is 9. The lowest BCUT2D eigenvalue weighted by molar-refractivity contribution is -0.138. The van der Waals surface area contributed by atoms with Gasteiger partial charge in [-0.1, -0.05) is 18.2 Å². The van der Waals surface area contributed by atoms with Gasteiger partial charge in [0.1, 0.15) is 11.6 Å². The number of hydrogen-bond donors (Lipinski definition) is 1. The number of allylic oxidation sites excluding steroid dienone is 3. The van der Waals surface area contributed by atoms with Crippen LogP contribution >= 0.6 is 0 Å². The molecule has 0 aromatic heterocycles. The third kappa shape index (κ3) is 13.2. The van der Waals surface area contributed by atoms with Gasteiger partial charge in [-0.2, -0.15) is 26.3 Å². The zero-order chi connectivity index (χ0) is 54.8. The van der Waals surface area contributed by atoms with Crippen LogP contribution in [0.5, 0.6) is 0 Å². The molecule has 4 saturated heterocycles. The molecule has 10 nitrogen and oxygen atoms in total. The lowest BCUT2D eigenvalue weighted by atomic mass is 9.95. The fourth-order valence-corrected chi connectivity index (χ4v) is 7.68. The number of hydrogen-bond acceptors (Lipinski definition) is 8. The summed E-state index contributed by atoms with van der Waals surface area (Å²) in [6.07, 6.45) is -12.9. The molecule has 8 rings (SSSR count). The minimum Gasteiger partial charge on any atom is -0.378 e. The highest BCUT2D eigenvalue weighted by atomic mass is 19.4. The normalized spacial score (nSPS) is 26.0. The highest BCUT2D eigenvalue weighted by Crippen LogP contribution is 2.32. The smallest absolute Gasteiger partial charge is 0.378 e. The Morgan fingerprint density at radius 1 is 0.788 bits per heavy atom. The number of benzene rings is 3. The van der Waals surface area contributed by atoms with Crippen molar-refractivity contribution >= 4 is 28.9 Å². The average molecular weight is 940 g/mol. The van der Waals surface area contributed by atoms with E-state index in [9.17, 15) is 40.3 Å². The van der Waals surface area contributed by atoms with Gasteiger partial charge in [0.25, 0.3) is 5.91 Å². The van der Waals surface area contributed by atoms with Crippen LogP contribution in [0.1, 0.15) is 71.4 Å². The first-order valence-electron chi connectivity index (χ1n) is 25.9. The van der Waals surface area contributed by atoms with Crippen molar-refractivity contribution in [1.82, 2.24) is 14.7 Å². The van der Waals surface area contributed by atoms with Gasteiger partial charge in [0.2, 0.25) is 5.91 Å². The van der Waals surface area contributed by atoms with Crippen LogP contribution in [-0.4, -0.2) is 117 Å². The molecule has 5 aliphatic rings. The SMILES string of the molecule is O=C(Nc1ccc(N2CCOCC2)c(F)c1)C1CCN(C(=O)c2ccc(C(F)(F)F)cc2)CC1.[2H]C1=C(F)C(N2CCOCC2)=C([2H])C([2H])([2H])C1=NC([2H])([2H])C1CCN(Cc2ccc(C(F)(F)F)cc2)C([2H])([2H])C1[2H]. The van der Waals surface area contributed by atoms with Crippen LogP contribution in [0.2, 0.25) is 0 Å². The van der Waals surface area contributed by atoms with E-state index in [0.29, 0.717) is 69.2 Å². The van der Waals surface area contributed by atoms with E-state index in [-0.39, 0.29) is 69.1 Å². The topological polar surface area (TPSA) is 90.0 Å². The molecule has 2 atom stereocenters. The molecule has 356 valence electrons. The molecule has 3 aromatic rings. The van der Waals surface area contributed by atoms with Crippen molar-refractivity contribution in [3.8, 4) is 0 Å². The number of likely N-dealkylation sites (tertiary alicyclic amines) is 2. The van der Waals surface area contributed by atoms with Gasteiger partial charge in [-0.3, -0.25) is 19.5 Å². The molecule has 0 saturated carbocycles. The molecule has 4 heterocycles. The van der Waals surface area contributed by atoms with Crippen LogP contribution in [0.3, 0.4) is 0 Å². The molecule has 66 heavy (non-hydrogen) atoms. The van der Waals surface area contributed by atoms with E-state index in [1.54, 1.807) is 12.1 Å². The monoisotopic (exact) mass is 939 g/mol. The van der Waals surface area contributed by atoms with Crippen molar-refractivity contribution in [2.75, 3.05) is 95.5 Å². The number of anilines is 2. The number of nitrogens with zero attached hydrogens (tertiary/aromatic N) is 5. The number of amides is 2. The van der Waals surface area contributed by atoms with Crippen LogP contribution in [-0.2, 0) is 33.2 Å². The quantitative estimate of drug-likeness (QED) is 0.215. The predicted octanol–water partition coefficient (Wildman–Crippen LogP) is 9.00. The zero-order valence-corrected chi connectivity index (χ0v) is 35.6. The molecular formula is C48H54F8N6O4. The lowest BCUT2D eigenvalue weighted by Gasteiger charge is -2.32. The van der Waals surface area contributed by atoms with Gasteiger partial charge in [0.05, 0.1) is 54.4 Å². The van der Waals surface area contributed by atoms with Crippen LogP contribution in [0.25, 0.3) is 0 Å². The number of halogens is 8. The molecule has 1 aliphatic carbocycles. The Morgan fingerprint density at radius 3 is 2.00 bits per heavy atom. The summed E-state index contributed by atoms with van der Waals surface area (Å²) in [7, 11) is 0. The van der Waals surface area contributed by atoms with Gasteiger partial charge in [0, 0.05) is 88.4 Å². The fraction of sp³-hybridized carbons (Fsp3) is 0.479. The summed E-state index contributed by atoms with van der Waals surface area (Å²) < 4.78 is 193. The Kier molecular flexibility index (Phi) is 12.6. The minimum atomic E-state index is -4.53. The molecule has 2 unspecified atom stereocenters. The maximum atomic E-state index is 15.3. The van der Waals surface area contributed by atoms with Gasteiger partial charge in [-0.25, -0.2) is 8.78 Å². The first-order chi connectivity index (χ1) is 35.1. The van der Waals surface area contributed by atoms with E-state index in [2.05, 4.69) is 10.3 Å². The molecule has 0 spiro atoms. The number of carbonyl (C=O) groups excluding carboxylic acids is 2. The first kappa shape index (κ1) is 37.7. The third-order valence-electron chi connectivity index (χ3n) is 11.4. The highest BCUT2D eigenvalue weighted by molar-refractivity contribution is 5.98. The standard InChI is InChI=1S/C24H25F4N3O3.C24H29F4N3O/c25-20-15-19(5-6-21(20)30-11-13-34-14-12-30)29-22(32)16-7-9-31(10-8-16)23(33)17-1-3-18(4-2-17)24(26,27)28;25-22-15-21(5-6-23(22)31-11-13-32-14-12-31)29-16-18-7-9-30(10-8-18)17-19-1-3-20(4-2-19)24(26,27)28/h1-6,15-16H,7-14H2,(H,29,32);1-4,6,15,18H,5,7-14,16-17H2/i;5D2,6D,7D,9D2,15D,16D2. The minimum absolute atomic E-state index is 0.103. The zero-order valence-electron chi connectivity index (χ0n) is 44.6. The summed E-state index contributed by atoms with van der Waals surface area (Å²) in [5.41, 5.74) is -1.69. The third-order valence-corrected chi connectivity index (χ3v) is 11.4. The molecular weight excluding hydrogens is 877 g/mol. The molecule has 0 bridgehead atoms. The number of ether oxygens (including phenoxy) is 2. The molecule has 3 aromatic carbocycles. The summed E-state index contributed by atoms with van der Waals surface area (Å²) in [6, 6.07) is 11.0. The first-order valence-corrected chi connectivity index (χ1v) is 21.4. The Balaban J connectivity index is 0.000000222. The molecule has 2 amide bonds. The van der Waals surface area contributed by atoms with Gasteiger partial charge >= 0.3 is 12.4 Å². The Bertz CT molecular complexity index is 2640. The number of nitrogens with one attached hydrogen (secondary N) is 1. The van der Waals surface area contributed by atoms with Crippen LogP contribution in [0, 0.1) is 17.7 Å². The number of alkyl halides is 6. The highest BCUT2D eigenvalue weighted by Gasteiger charge is 2.33. The second-order valence-electron chi connectivity index (χ2n) is 15.9. The van der Waals surface area contributed by atoms with Gasteiger partial charge < -0.3 is 29.5 Å². The van der Waals surface area contributed by atoms with Crippen molar-refractivity contribution in [3.05, 3.63) is 118 Å². The maximum Gasteiger partial charge on any atom is 0.416 e. The van der Waals surface area contributed by atoms with Crippen molar-refractivity contribution in [3.63, 3.8) is 0 Å². The maximum absolute atomic E-state index is 15.3. The summed E-state index contributed by atoms with van der Waals surface area (Å²) in [5.74, 6) is -4.06. The number of aliphatic imine (C=N–C) groups is 1. The molecule has 1 N–H and O–H groups in total. The number of carbonyl (C=O) groups is 2. The molecule has 4 aliphatic heterocycles. The summed E-state index contributed by atoms with van der Waals surface area (Å²) in [4.78, 5) is 35.1. The summed E-state index contributed by atoms with van der Waals surface area (Å²) in [5, 5.41) is 2.75. The van der Waals surface area contributed by atoms with E-state index in [1.165, 1.54) is 45.0 Å². The largest absolute Gasteiger partial charge is 0.416 e. The van der Waals surface area contributed by atoms with E-state index < -0.39 is 90.3 Å². The van der Waals surface area contributed by atoms with Gasteiger partial charge in [-0.05, 0) is 111 Å². The van der Waals surface area contributed by atoms with Crippen LogP contribution in [0.4, 0.5) is 46.5 Å². The van der Waals surface area contributed by atoms with Crippen molar-refractivity contribution < 1.29 is 66.5 Å². The van der Waals surface area contributed by atoms with Crippen LogP contribution in [0.15, 0.2) is 95.4 Å². The fourth-order valence-electron chi connectivity index (χ4n) is 7.68. The van der Waals surface area contributed by atoms with Crippen LogP contribution < -0.4 is 10.2 Å². The Labute approximate surface area is 391 Å². The van der Waals surface area contributed by atoms with Crippen molar-refractivity contribution in [2.45, 2.75) is 50.9 Å². The van der Waals surface area contributed by atoms with Gasteiger partial charge in [0.15, 0.2) is 0 Å². The van der Waals surface area contributed by atoms with E-state index in [4.69, 9.17) is 21.8 Å². The van der Waals surface area contributed by atoms with Crippen molar-refractivity contribution in [1.29, 1.82) is 0 Å². The molecule has 0 radical (unpaired) electrons. The Morgan fingerprint density at radius 2 is 1.39 bits per heavy atom. The predicted molar refractivity (Wildman–Crippen MR) is 234 cm³/mol. The number of morpholine rings is 2. The Hall–Kier alpha value is -5.33. The molecule has 4 fully saturated rings. The second kappa shape index (κ2) is 22.0. The van der Waals surface area contributed by atoms with Crippen molar-refractivity contribution in [2.24, 2.45) is 16.8 Å². The number of piperidine rings is 2. The van der Waals surface area contributed by atoms with E-state index in [1.807, 2.05) is 4.90 Å². The van der Waals surface area contributed by atoms with E-state index >= 15 is 4.39 Å². The second-order valence-corrected chi connectivity index (χ2v) is 15.9. The lowest BCUT2D eigenvalue weighted by Crippen LogP contribution is -2.41. The van der Waals surface area contributed by atoms with E-state index in [0.717, 1.165) is 24.3 Å². The molecule has 18 heteroatoms. The van der Waals surface area contributed by atoms with Gasteiger partial charge in [-0.15, -0.1) is 0 Å². The summed E-state index contributed by atoms with van der Waals surface area (Å²) >= 11 is 0.